The van der Waals surface area contributed by atoms with E-state index in [2.05, 4.69) is 0 Å². The normalized spacial score (nSPS) is 17.1. The van der Waals surface area contributed by atoms with Gasteiger partial charge in [-0.25, -0.2) is 0 Å². The van der Waals surface area contributed by atoms with Crippen LogP contribution in [0.3, 0.4) is 0 Å². The number of hydrogen-bond donors (Lipinski definition) is 0. The largest absolute Gasteiger partial charge is 0.488 e. The quantitative estimate of drug-likeness (QED) is 0.869. The van der Waals surface area contributed by atoms with Gasteiger partial charge in [0.15, 0.2) is 0 Å². The van der Waals surface area contributed by atoms with Crippen LogP contribution in [0.15, 0.2) is 41.2 Å². The van der Waals surface area contributed by atoms with E-state index >= 15 is 0 Å². The van der Waals surface area contributed by atoms with Crippen LogP contribution in [0.5, 0.6) is 5.75 Å². The summed E-state index contributed by atoms with van der Waals surface area (Å²) in [6.45, 7) is 5.03. The number of carbonyl (C=O) groups is 1. The molecule has 0 radical (unpaired) electrons. The van der Waals surface area contributed by atoms with E-state index in [1.54, 1.807) is 11.6 Å². The summed E-state index contributed by atoms with van der Waals surface area (Å²) in [5, 5.41) is 0. The second-order valence-electron chi connectivity index (χ2n) is 6.32. The van der Waals surface area contributed by atoms with Gasteiger partial charge >= 0.3 is 0 Å². The van der Waals surface area contributed by atoms with Gasteiger partial charge in [0, 0.05) is 37.3 Å². The first-order chi connectivity index (χ1) is 11.5. The Kier molecular flexibility index (Phi) is 4.42. The van der Waals surface area contributed by atoms with Crippen molar-refractivity contribution in [2.45, 2.75) is 26.4 Å². The van der Waals surface area contributed by atoms with E-state index in [9.17, 15) is 9.59 Å². The van der Waals surface area contributed by atoms with Crippen molar-refractivity contribution < 1.29 is 9.53 Å². The highest BCUT2D eigenvalue weighted by Gasteiger charge is 2.29. The van der Waals surface area contributed by atoms with Crippen molar-refractivity contribution in [3.05, 3.63) is 63.6 Å². The third kappa shape index (κ3) is 3.20. The molecule has 1 saturated heterocycles. The lowest BCUT2D eigenvalue weighted by atomic mass is 10.1. The topological polar surface area (TPSA) is 51.5 Å². The number of hydrogen-bond acceptors (Lipinski definition) is 3. The Balaban J connectivity index is 1.69. The van der Waals surface area contributed by atoms with Crippen molar-refractivity contribution in [3.63, 3.8) is 0 Å². The van der Waals surface area contributed by atoms with Gasteiger partial charge < -0.3 is 14.2 Å². The summed E-state index contributed by atoms with van der Waals surface area (Å²) in [5.74, 6) is 0.616. The molecule has 1 aliphatic heterocycles. The first kappa shape index (κ1) is 16.3. The summed E-state index contributed by atoms with van der Waals surface area (Å²) >= 11 is 0. The summed E-state index contributed by atoms with van der Waals surface area (Å²) in [6, 6.07) is 11.0. The zero-order chi connectivity index (χ0) is 17.3. The van der Waals surface area contributed by atoms with Gasteiger partial charge in [0.25, 0.3) is 11.5 Å². The Bertz CT molecular complexity index is 826. The number of rotatable bonds is 3. The molecule has 1 unspecified atom stereocenters. The second kappa shape index (κ2) is 6.51. The number of pyridine rings is 1. The van der Waals surface area contributed by atoms with Crippen molar-refractivity contribution >= 4 is 5.91 Å². The molecular formula is C19H22N2O3. The Labute approximate surface area is 141 Å². The third-order valence-corrected chi connectivity index (χ3v) is 4.59. The number of nitrogens with zero attached hydrogens (tertiary/aromatic N) is 2. The van der Waals surface area contributed by atoms with E-state index in [1.807, 2.05) is 49.1 Å². The zero-order valence-corrected chi connectivity index (χ0v) is 14.3. The number of likely N-dealkylation sites (tertiary alicyclic amines) is 1. The Morgan fingerprint density at radius 3 is 2.67 bits per heavy atom. The van der Waals surface area contributed by atoms with E-state index in [-0.39, 0.29) is 17.6 Å². The first-order valence-electron chi connectivity index (χ1n) is 8.15. The van der Waals surface area contributed by atoms with Gasteiger partial charge in [-0.05, 0) is 31.5 Å². The Morgan fingerprint density at radius 2 is 1.96 bits per heavy atom. The molecule has 126 valence electrons. The molecule has 1 aromatic heterocycles. The van der Waals surface area contributed by atoms with Gasteiger partial charge in [-0.3, -0.25) is 9.59 Å². The minimum Gasteiger partial charge on any atom is -0.488 e. The standard InChI is InChI=1S/C19H22N2O3/c1-13-6-4-5-7-17(13)19(23)21-9-8-15(12-21)24-16-10-14(2)20(3)18(22)11-16/h4-7,10-11,15H,8-9,12H2,1-3H3. The van der Waals surface area contributed by atoms with Gasteiger partial charge in [0.05, 0.1) is 6.54 Å². The second-order valence-corrected chi connectivity index (χ2v) is 6.32. The van der Waals surface area contributed by atoms with Crippen LogP contribution in [0.4, 0.5) is 0 Å². The van der Waals surface area contributed by atoms with Crippen molar-refractivity contribution in [3.8, 4) is 5.75 Å². The van der Waals surface area contributed by atoms with Gasteiger partial charge in [0.2, 0.25) is 0 Å². The van der Waals surface area contributed by atoms with Crippen LogP contribution in [0.2, 0.25) is 0 Å². The van der Waals surface area contributed by atoms with E-state index < -0.39 is 0 Å². The molecule has 0 aliphatic carbocycles. The summed E-state index contributed by atoms with van der Waals surface area (Å²) in [5.41, 5.74) is 2.48. The highest BCUT2D eigenvalue weighted by atomic mass is 16.5. The fourth-order valence-electron chi connectivity index (χ4n) is 2.99. The van der Waals surface area contributed by atoms with Crippen LogP contribution in [0.1, 0.15) is 28.0 Å². The summed E-state index contributed by atoms with van der Waals surface area (Å²) in [4.78, 5) is 26.3. The average molecular weight is 326 g/mol. The highest BCUT2D eigenvalue weighted by molar-refractivity contribution is 5.95. The molecule has 1 atom stereocenters. The first-order valence-corrected chi connectivity index (χ1v) is 8.15. The predicted octanol–water partition coefficient (Wildman–Crippen LogP) is 2.30. The van der Waals surface area contributed by atoms with E-state index in [0.29, 0.717) is 18.8 Å². The lowest BCUT2D eigenvalue weighted by Gasteiger charge is -2.18. The molecular weight excluding hydrogens is 304 g/mol. The molecule has 24 heavy (non-hydrogen) atoms. The molecule has 2 aromatic rings. The van der Waals surface area contributed by atoms with Crippen LogP contribution < -0.4 is 10.3 Å². The maximum absolute atomic E-state index is 12.6. The minimum atomic E-state index is -0.0872. The number of ether oxygens (including phenoxy) is 1. The SMILES string of the molecule is Cc1ccccc1C(=O)N1CCC(Oc2cc(C)n(C)c(=O)c2)C1. The number of carbonyl (C=O) groups excluding carboxylic acids is 1. The zero-order valence-electron chi connectivity index (χ0n) is 14.3. The molecule has 0 N–H and O–H groups in total. The maximum atomic E-state index is 12.6. The molecule has 1 amide bonds. The van der Waals surface area contributed by atoms with Gasteiger partial charge in [-0.15, -0.1) is 0 Å². The van der Waals surface area contributed by atoms with Gasteiger partial charge in [-0.2, -0.15) is 0 Å². The summed E-state index contributed by atoms with van der Waals surface area (Å²) < 4.78 is 7.51. The molecule has 5 nitrogen and oxygen atoms in total. The molecule has 5 heteroatoms. The monoisotopic (exact) mass is 326 g/mol. The third-order valence-electron chi connectivity index (χ3n) is 4.59. The van der Waals surface area contributed by atoms with Crippen LogP contribution in [0.25, 0.3) is 0 Å². The Hall–Kier alpha value is -2.56. The van der Waals surface area contributed by atoms with Crippen molar-refractivity contribution in [2.24, 2.45) is 7.05 Å². The molecule has 1 fully saturated rings. The molecule has 0 bridgehead atoms. The smallest absolute Gasteiger partial charge is 0.254 e. The number of amides is 1. The van der Waals surface area contributed by atoms with Crippen LogP contribution in [-0.4, -0.2) is 34.6 Å². The number of benzene rings is 1. The fourth-order valence-corrected chi connectivity index (χ4v) is 2.99. The maximum Gasteiger partial charge on any atom is 0.254 e. The number of aryl methyl sites for hydroxylation is 2. The Morgan fingerprint density at radius 1 is 1.21 bits per heavy atom. The molecule has 1 aliphatic rings. The van der Waals surface area contributed by atoms with Crippen LogP contribution >= 0.6 is 0 Å². The molecule has 0 spiro atoms. The van der Waals surface area contributed by atoms with Crippen molar-refractivity contribution in [2.75, 3.05) is 13.1 Å². The van der Waals surface area contributed by atoms with Gasteiger partial charge in [-0.1, -0.05) is 18.2 Å². The van der Waals surface area contributed by atoms with Crippen molar-refractivity contribution in [1.82, 2.24) is 9.47 Å². The predicted molar refractivity (Wildman–Crippen MR) is 92.5 cm³/mol. The van der Waals surface area contributed by atoms with E-state index in [1.165, 1.54) is 6.07 Å². The lowest BCUT2D eigenvalue weighted by Crippen LogP contribution is -2.31. The van der Waals surface area contributed by atoms with Gasteiger partial charge in [0.1, 0.15) is 11.9 Å². The summed E-state index contributed by atoms with van der Waals surface area (Å²) in [6.07, 6.45) is 0.691. The minimum absolute atomic E-state index is 0.0411. The number of aromatic nitrogens is 1. The van der Waals surface area contributed by atoms with E-state index in [4.69, 9.17) is 4.74 Å². The molecule has 2 heterocycles. The molecule has 1 aromatic carbocycles. The van der Waals surface area contributed by atoms with Crippen LogP contribution in [-0.2, 0) is 7.05 Å². The van der Waals surface area contributed by atoms with E-state index in [0.717, 1.165) is 23.2 Å². The molecule has 3 rings (SSSR count). The average Bonchev–Trinajstić information content (AvgIpc) is 3.01. The van der Waals surface area contributed by atoms with Crippen LogP contribution in [0, 0.1) is 13.8 Å². The molecule has 0 saturated carbocycles. The highest BCUT2D eigenvalue weighted by Crippen LogP contribution is 2.20. The van der Waals surface area contributed by atoms with Crippen molar-refractivity contribution in [1.29, 1.82) is 0 Å². The summed E-state index contributed by atoms with van der Waals surface area (Å²) in [7, 11) is 1.74. The fraction of sp³-hybridized carbons (Fsp3) is 0.368. The lowest BCUT2D eigenvalue weighted by molar-refractivity contribution is 0.0771.